The minimum atomic E-state index is -0.0552. The molecule has 0 unspecified atom stereocenters. The SMILES string of the molecule is COc1cccc(CNC(=O)[C@@H]2CCCN(c3nnc4ccccn34)C2)c1. The lowest BCUT2D eigenvalue weighted by atomic mass is 9.97. The molecule has 3 aromatic rings. The maximum Gasteiger partial charge on any atom is 0.231 e. The van der Waals surface area contributed by atoms with Crippen molar-refractivity contribution in [2.24, 2.45) is 5.92 Å². The van der Waals surface area contributed by atoms with Gasteiger partial charge in [-0.3, -0.25) is 9.20 Å². The molecule has 1 atom stereocenters. The zero-order chi connectivity index (χ0) is 18.6. The summed E-state index contributed by atoms with van der Waals surface area (Å²) < 4.78 is 7.20. The first-order valence-corrected chi connectivity index (χ1v) is 9.20. The molecule has 0 spiro atoms. The molecular formula is C20H23N5O2. The molecule has 0 bridgehead atoms. The highest BCUT2D eigenvalue weighted by Gasteiger charge is 2.28. The highest BCUT2D eigenvalue weighted by Crippen LogP contribution is 2.22. The molecule has 1 saturated heterocycles. The van der Waals surface area contributed by atoms with Gasteiger partial charge in [0.05, 0.1) is 13.0 Å². The number of nitrogens with zero attached hydrogens (tertiary/aromatic N) is 4. The minimum Gasteiger partial charge on any atom is -0.497 e. The number of nitrogens with one attached hydrogen (secondary N) is 1. The van der Waals surface area contributed by atoms with E-state index in [9.17, 15) is 4.79 Å². The largest absolute Gasteiger partial charge is 0.497 e. The Kier molecular flexibility index (Phi) is 4.91. The van der Waals surface area contributed by atoms with Crippen LogP contribution in [0.15, 0.2) is 48.7 Å². The van der Waals surface area contributed by atoms with Crippen LogP contribution in [0.3, 0.4) is 0 Å². The second kappa shape index (κ2) is 7.65. The molecule has 140 valence electrons. The van der Waals surface area contributed by atoms with E-state index in [0.717, 1.165) is 42.3 Å². The van der Waals surface area contributed by atoms with Crippen molar-refractivity contribution in [1.82, 2.24) is 19.9 Å². The Hall–Kier alpha value is -3.09. The van der Waals surface area contributed by atoms with Crippen LogP contribution in [-0.2, 0) is 11.3 Å². The quantitative estimate of drug-likeness (QED) is 0.751. The van der Waals surface area contributed by atoms with Crippen LogP contribution in [0.4, 0.5) is 5.95 Å². The molecule has 7 heteroatoms. The predicted molar refractivity (Wildman–Crippen MR) is 103 cm³/mol. The number of pyridine rings is 1. The van der Waals surface area contributed by atoms with Crippen molar-refractivity contribution in [3.05, 3.63) is 54.2 Å². The summed E-state index contributed by atoms with van der Waals surface area (Å²) in [4.78, 5) is 14.8. The molecule has 1 aromatic carbocycles. The van der Waals surface area contributed by atoms with Crippen molar-refractivity contribution in [2.45, 2.75) is 19.4 Å². The number of hydrogen-bond acceptors (Lipinski definition) is 5. The van der Waals surface area contributed by atoms with Crippen molar-refractivity contribution in [3.8, 4) is 5.75 Å². The number of aromatic nitrogens is 3. The first kappa shape index (κ1) is 17.3. The summed E-state index contributed by atoms with van der Waals surface area (Å²) in [5, 5.41) is 11.6. The van der Waals surface area contributed by atoms with Crippen LogP contribution in [0.2, 0.25) is 0 Å². The third-order valence-corrected chi connectivity index (χ3v) is 4.97. The average molecular weight is 365 g/mol. The Morgan fingerprint density at radius 3 is 3.07 bits per heavy atom. The van der Waals surface area contributed by atoms with E-state index in [2.05, 4.69) is 20.4 Å². The number of methoxy groups -OCH3 is 1. The summed E-state index contributed by atoms with van der Waals surface area (Å²) in [6.07, 6.45) is 3.80. The summed E-state index contributed by atoms with van der Waals surface area (Å²) in [6.45, 7) is 2.04. The van der Waals surface area contributed by atoms with E-state index in [1.807, 2.05) is 53.1 Å². The molecule has 2 aromatic heterocycles. The van der Waals surface area contributed by atoms with Gasteiger partial charge in [0.1, 0.15) is 5.75 Å². The van der Waals surface area contributed by atoms with E-state index >= 15 is 0 Å². The second-order valence-electron chi connectivity index (χ2n) is 6.78. The van der Waals surface area contributed by atoms with Gasteiger partial charge >= 0.3 is 0 Å². The molecule has 0 aliphatic carbocycles. The van der Waals surface area contributed by atoms with E-state index in [1.165, 1.54) is 0 Å². The van der Waals surface area contributed by atoms with Crippen molar-refractivity contribution >= 4 is 17.5 Å². The fourth-order valence-corrected chi connectivity index (χ4v) is 3.53. The maximum atomic E-state index is 12.7. The molecule has 1 amide bonds. The number of ether oxygens (including phenoxy) is 1. The molecule has 27 heavy (non-hydrogen) atoms. The normalized spacial score (nSPS) is 17.1. The molecule has 3 heterocycles. The van der Waals surface area contributed by atoms with Gasteiger partial charge < -0.3 is 15.0 Å². The van der Waals surface area contributed by atoms with E-state index in [-0.39, 0.29) is 11.8 Å². The third kappa shape index (κ3) is 3.72. The van der Waals surface area contributed by atoms with Gasteiger partial charge in [-0.2, -0.15) is 0 Å². The zero-order valence-corrected chi connectivity index (χ0v) is 15.3. The van der Waals surface area contributed by atoms with Crippen molar-refractivity contribution in [1.29, 1.82) is 0 Å². The maximum absolute atomic E-state index is 12.7. The smallest absolute Gasteiger partial charge is 0.231 e. The Bertz CT molecular complexity index is 939. The van der Waals surface area contributed by atoms with Crippen LogP contribution < -0.4 is 15.0 Å². The highest BCUT2D eigenvalue weighted by molar-refractivity contribution is 5.79. The standard InChI is InChI=1S/C20H23N5O2/c1-27-17-8-4-6-15(12-17)13-21-19(26)16-7-5-10-24(14-16)20-23-22-18-9-2-3-11-25(18)20/h2-4,6,8-9,11-12,16H,5,7,10,13-14H2,1H3,(H,21,26)/t16-/m1/s1. The Morgan fingerprint density at radius 2 is 2.19 bits per heavy atom. The number of anilines is 1. The van der Waals surface area contributed by atoms with Gasteiger partial charge in [-0.25, -0.2) is 0 Å². The number of fused-ring (bicyclic) bond motifs is 1. The number of piperidine rings is 1. The molecular weight excluding hydrogens is 342 g/mol. The van der Waals surface area contributed by atoms with Crippen LogP contribution in [0.5, 0.6) is 5.75 Å². The van der Waals surface area contributed by atoms with Gasteiger partial charge in [0.2, 0.25) is 11.9 Å². The van der Waals surface area contributed by atoms with Gasteiger partial charge in [0.25, 0.3) is 0 Å². The molecule has 1 N–H and O–H groups in total. The number of amides is 1. The van der Waals surface area contributed by atoms with Gasteiger partial charge in [-0.15, -0.1) is 10.2 Å². The van der Waals surface area contributed by atoms with E-state index in [4.69, 9.17) is 4.74 Å². The first-order chi connectivity index (χ1) is 13.2. The Morgan fingerprint density at radius 1 is 1.26 bits per heavy atom. The van der Waals surface area contributed by atoms with Crippen LogP contribution in [0, 0.1) is 5.92 Å². The summed E-state index contributed by atoms with van der Waals surface area (Å²) in [6, 6.07) is 13.6. The molecule has 0 saturated carbocycles. The lowest BCUT2D eigenvalue weighted by Gasteiger charge is -2.32. The lowest BCUT2D eigenvalue weighted by molar-refractivity contribution is -0.125. The van der Waals surface area contributed by atoms with Gasteiger partial charge in [-0.1, -0.05) is 18.2 Å². The van der Waals surface area contributed by atoms with Crippen molar-refractivity contribution in [2.75, 3.05) is 25.1 Å². The fourth-order valence-electron chi connectivity index (χ4n) is 3.53. The summed E-state index contributed by atoms with van der Waals surface area (Å²) >= 11 is 0. The Labute approximate surface area is 158 Å². The van der Waals surface area contributed by atoms with E-state index in [0.29, 0.717) is 13.1 Å². The van der Waals surface area contributed by atoms with Crippen LogP contribution >= 0.6 is 0 Å². The third-order valence-electron chi connectivity index (χ3n) is 4.97. The summed E-state index contributed by atoms with van der Waals surface area (Å²) in [5.41, 5.74) is 1.84. The second-order valence-corrected chi connectivity index (χ2v) is 6.78. The monoisotopic (exact) mass is 365 g/mol. The van der Waals surface area contributed by atoms with Crippen molar-refractivity contribution in [3.63, 3.8) is 0 Å². The zero-order valence-electron chi connectivity index (χ0n) is 15.3. The minimum absolute atomic E-state index is 0.0552. The topological polar surface area (TPSA) is 71.8 Å². The molecule has 7 nitrogen and oxygen atoms in total. The number of carbonyl (C=O) groups excluding carboxylic acids is 1. The lowest BCUT2D eigenvalue weighted by Crippen LogP contribution is -2.43. The number of benzene rings is 1. The number of hydrogen-bond donors (Lipinski definition) is 1. The van der Waals surface area contributed by atoms with Crippen LogP contribution in [0.1, 0.15) is 18.4 Å². The highest BCUT2D eigenvalue weighted by atomic mass is 16.5. The molecule has 4 rings (SSSR count). The van der Waals surface area contributed by atoms with Gasteiger partial charge in [-0.05, 0) is 42.7 Å². The summed E-state index contributed by atoms with van der Waals surface area (Å²) in [5.74, 6) is 1.62. The molecule has 1 fully saturated rings. The van der Waals surface area contributed by atoms with Gasteiger partial charge in [0.15, 0.2) is 5.65 Å². The van der Waals surface area contributed by atoms with Crippen molar-refractivity contribution < 1.29 is 9.53 Å². The van der Waals surface area contributed by atoms with Gasteiger partial charge in [0, 0.05) is 25.8 Å². The average Bonchev–Trinajstić information content (AvgIpc) is 3.16. The number of rotatable bonds is 5. The van der Waals surface area contributed by atoms with Crippen LogP contribution in [0.25, 0.3) is 5.65 Å². The first-order valence-electron chi connectivity index (χ1n) is 9.20. The predicted octanol–water partition coefficient (Wildman–Crippen LogP) is 2.27. The fraction of sp³-hybridized carbons (Fsp3) is 0.350. The molecule has 0 radical (unpaired) electrons. The molecule has 1 aliphatic rings. The Balaban J connectivity index is 1.41. The number of carbonyl (C=O) groups is 1. The molecule has 1 aliphatic heterocycles. The summed E-state index contributed by atoms with van der Waals surface area (Å²) in [7, 11) is 1.64. The van der Waals surface area contributed by atoms with Crippen LogP contribution in [-0.4, -0.2) is 40.7 Å². The van der Waals surface area contributed by atoms with E-state index < -0.39 is 0 Å². The van der Waals surface area contributed by atoms with E-state index in [1.54, 1.807) is 7.11 Å².